The smallest absolute Gasteiger partial charge is 0.123 e. The van der Waals surface area contributed by atoms with E-state index in [2.05, 4.69) is 54.3 Å². The SMILES string of the molecule is COc1ccccc1[C@H]1C2CCCCC2(O)CCN1Cc1ccc(C)cc1. The Kier molecular flexibility index (Phi) is 5.25. The predicted octanol–water partition coefficient (Wildman–Crippen LogP) is 4.87. The molecule has 144 valence electrons. The highest BCUT2D eigenvalue weighted by molar-refractivity contribution is 5.37. The number of piperidine rings is 1. The molecule has 2 fully saturated rings. The van der Waals surface area contributed by atoms with Gasteiger partial charge in [-0.25, -0.2) is 0 Å². The first-order valence-corrected chi connectivity index (χ1v) is 10.3. The Morgan fingerprint density at radius 3 is 2.63 bits per heavy atom. The maximum absolute atomic E-state index is 11.4. The molecule has 2 aromatic carbocycles. The van der Waals surface area contributed by atoms with Crippen molar-refractivity contribution in [2.24, 2.45) is 5.92 Å². The number of ether oxygens (including phenoxy) is 1. The minimum absolute atomic E-state index is 0.196. The summed E-state index contributed by atoms with van der Waals surface area (Å²) in [6.45, 7) is 3.96. The van der Waals surface area contributed by atoms with Crippen LogP contribution < -0.4 is 4.74 Å². The van der Waals surface area contributed by atoms with Crippen LogP contribution in [0.1, 0.15) is 54.8 Å². The lowest BCUT2D eigenvalue weighted by atomic mass is 9.66. The summed E-state index contributed by atoms with van der Waals surface area (Å²) >= 11 is 0. The molecular weight excluding hydrogens is 334 g/mol. The quantitative estimate of drug-likeness (QED) is 0.839. The van der Waals surface area contributed by atoms with Crippen LogP contribution in [0.15, 0.2) is 48.5 Å². The van der Waals surface area contributed by atoms with Gasteiger partial charge in [0, 0.05) is 30.6 Å². The number of hydrogen-bond donors (Lipinski definition) is 1. The van der Waals surface area contributed by atoms with Gasteiger partial charge in [-0.3, -0.25) is 4.90 Å². The lowest BCUT2D eigenvalue weighted by Crippen LogP contribution is -2.54. The van der Waals surface area contributed by atoms with Crippen LogP contribution in [0.25, 0.3) is 0 Å². The zero-order valence-electron chi connectivity index (χ0n) is 16.5. The van der Waals surface area contributed by atoms with E-state index in [9.17, 15) is 5.11 Å². The first kappa shape index (κ1) is 18.5. The molecule has 1 saturated heterocycles. The molecule has 0 radical (unpaired) electrons. The Morgan fingerprint density at radius 2 is 1.85 bits per heavy atom. The summed E-state index contributed by atoms with van der Waals surface area (Å²) in [5, 5.41) is 11.4. The monoisotopic (exact) mass is 365 g/mol. The molecule has 2 aromatic rings. The summed E-state index contributed by atoms with van der Waals surface area (Å²) in [5.41, 5.74) is 3.31. The summed E-state index contributed by atoms with van der Waals surface area (Å²) in [6.07, 6.45) is 5.24. The fraction of sp³-hybridized carbons (Fsp3) is 0.500. The normalized spacial score (nSPS) is 28.6. The average Bonchev–Trinajstić information content (AvgIpc) is 2.69. The number of rotatable bonds is 4. The molecule has 1 heterocycles. The van der Waals surface area contributed by atoms with E-state index in [0.717, 1.165) is 44.5 Å². The van der Waals surface area contributed by atoms with Crippen molar-refractivity contribution in [1.82, 2.24) is 4.90 Å². The predicted molar refractivity (Wildman–Crippen MR) is 109 cm³/mol. The number of aliphatic hydroxyl groups is 1. The van der Waals surface area contributed by atoms with Crippen molar-refractivity contribution >= 4 is 0 Å². The van der Waals surface area contributed by atoms with Crippen molar-refractivity contribution in [3.05, 3.63) is 65.2 Å². The Morgan fingerprint density at radius 1 is 1.07 bits per heavy atom. The van der Waals surface area contributed by atoms with Gasteiger partial charge in [0.2, 0.25) is 0 Å². The molecule has 0 bridgehead atoms. The fourth-order valence-corrected chi connectivity index (χ4v) is 5.17. The van der Waals surface area contributed by atoms with E-state index >= 15 is 0 Å². The van der Waals surface area contributed by atoms with Crippen molar-refractivity contribution in [2.75, 3.05) is 13.7 Å². The second kappa shape index (κ2) is 7.65. The van der Waals surface area contributed by atoms with Crippen LogP contribution in [0.2, 0.25) is 0 Å². The number of fused-ring (bicyclic) bond motifs is 1. The molecule has 0 aromatic heterocycles. The number of nitrogens with zero attached hydrogens (tertiary/aromatic N) is 1. The average molecular weight is 366 g/mol. The lowest BCUT2D eigenvalue weighted by Gasteiger charge is -2.53. The molecule has 2 unspecified atom stereocenters. The highest BCUT2D eigenvalue weighted by Gasteiger charge is 2.49. The van der Waals surface area contributed by atoms with Gasteiger partial charge in [-0.05, 0) is 37.8 Å². The van der Waals surface area contributed by atoms with Gasteiger partial charge < -0.3 is 9.84 Å². The molecule has 1 N–H and O–H groups in total. The summed E-state index contributed by atoms with van der Waals surface area (Å²) < 4.78 is 5.72. The molecule has 1 aliphatic carbocycles. The van der Waals surface area contributed by atoms with Gasteiger partial charge in [0.05, 0.1) is 12.7 Å². The largest absolute Gasteiger partial charge is 0.496 e. The van der Waals surface area contributed by atoms with Crippen molar-refractivity contribution in [3.63, 3.8) is 0 Å². The molecule has 3 atom stereocenters. The standard InChI is InChI=1S/C24H31NO2/c1-18-10-12-19(13-11-18)17-25-16-15-24(26)14-6-5-8-21(24)23(25)20-7-3-4-9-22(20)27-2/h3-4,7,9-13,21,23,26H,5-6,8,14-17H2,1-2H3/t21?,23-,24?/m0/s1. The van der Waals surface area contributed by atoms with Gasteiger partial charge in [0.25, 0.3) is 0 Å². The number of hydrogen-bond acceptors (Lipinski definition) is 3. The van der Waals surface area contributed by atoms with Crippen molar-refractivity contribution < 1.29 is 9.84 Å². The van der Waals surface area contributed by atoms with Gasteiger partial charge in [-0.1, -0.05) is 60.9 Å². The summed E-state index contributed by atoms with van der Waals surface area (Å²) in [6, 6.07) is 17.4. The van der Waals surface area contributed by atoms with Crippen LogP contribution >= 0.6 is 0 Å². The molecule has 0 amide bonds. The van der Waals surface area contributed by atoms with Crippen LogP contribution in [0.4, 0.5) is 0 Å². The van der Waals surface area contributed by atoms with E-state index in [1.807, 2.05) is 6.07 Å². The van der Waals surface area contributed by atoms with Crippen LogP contribution in [0, 0.1) is 12.8 Å². The van der Waals surface area contributed by atoms with Gasteiger partial charge >= 0.3 is 0 Å². The van der Waals surface area contributed by atoms with Gasteiger partial charge in [0.15, 0.2) is 0 Å². The zero-order valence-corrected chi connectivity index (χ0v) is 16.5. The molecule has 1 saturated carbocycles. The fourth-order valence-electron chi connectivity index (χ4n) is 5.17. The lowest BCUT2D eigenvalue weighted by molar-refractivity contribution is -0.126. The maximum Gasteiger partial charge on any atom is 0.123 e. The van der Waals surface area contributed by atoms with Crippen LogP contribution in [-0.4, -0.2) is 29.3 Å². The second-order valence-electron chi connectivity index (χ2n) is 8.35. The molecule has 1 aliphatic heterocycles. The van der Waals surface area contributed by atoms with E-state index in [-0.39, 0.29) is 12.0 Å². The molecule has 3 nitrogen and oxygen atoms in total. The van der Waals surface area contributed by atoms with Crippen LogP contribution in [0.5, 0.6) is 5.75 Å². The first-order valence-electron chi connectivity index (χ1n) is 10.3. The first-order chi connectivity index (χ1) is 13.1. The van der Waals surface area contributed by atoms with Gasteiger partial charge in [-0.2, -0.15) is 0 Å². The number of para-hydroxylation sites is 1. The summed E-state index contributed by atoms with van der Waals surface area (Å²) in [4.78, 5) is 2.56. The van der Waals surface area contributed by atoms with E-state index in [4.69, 9.17) is 4.74 Å². The Labute approximate surface area is 163 Å². The van der Waals surface area contributed by atoms with E-state index in [1.165, 1.54) is 23.1 Å². The number of methoxy groups -OCH3 is 1. The molecule has 27 heavy (non-hydrogen) atoms. The van der Waals surface area contributed by atoms with Crippen LogP contribution in [-0.2, 0) is 6.54 Å². The summed E-state index contributed by atoms with van der Waals surface area (Å²) in [7, 11) is 1.75. The number of likely N-dealkylation sites (tertiary alicyclic amines) is 1. The Bertz CT molecular complexity index is 772. The van der Waals surface area contributed by atoms with Crippen molar-refractivity contribution in [2.45, 2.75) is 57.2 Å². The highest BCUT2D eigenvalue weighted by Crippen LogP contribution is 2.51. The number of aryl methyl sites for hydroxylation is 1. The van der Waals surface area contributed by atoms with Crippen LogP contribution in [0.3, 0.4) is 0 Å². The third-order valence-corrected chi connectivity index (χ3v) is 6.64. The second-order valence-corrected chi connectivity index (χ2v) is 8.35. The third-order valence-electron chi connectivity index (χ3n) is 6.64. The van der Waals surface area contributed by atoms with E-state index in [0.29, 0.717) is 0 Å². The number of benzene rings is 2. The third kappa shape index (κ3) is 3.63. The van der Waals surface area contributed by atoms with Crippen molar-refractivity contribution in [1.29, 1.82) is 0 Å². The topological polar surface area (TPSA) is 32.7 Å². The highest BCUT2D eigenvalue weighted by atomic mass is 16.5. The maximum atomic E-state index is 11.4. The van der Waals surface area contributed by atoms with E-state index < -0.39 is 5.60 Å². The van der Waals surface area contributed by atoms with Gasteiger partial charge in [0.1, 0.15) is 5.75 Å². The Hall–Kier alpha value is -1.84. The minimum atomic E-state index is -0.534. The minimum Gasteiger partial charge on any atom is -0.496 e. The molecule has 3 heteroatoms. The Balaban J connectivity index is 1.71. The van der Waals surface area contributed by atoms with Crippen molar-refractivity contribution in [3.8, 4) is 5.75 Å². The molecule has 0 spiro atoms. The molecule has 2 aliphatic rings. The van der Waals surface area contributed by atoms with Gasteiger partial charge in [-0.15, -0.1) is 0 Å². The summed E-state index contributed by atoms with van der Waals surface area (Å²) in [5.74, 6) is 1.20. The zero-order chi connectivity index (χ0) is 18.9. The molecule has 4 rings (SSSR count). The molecular formula is C24H31NO2. The van der Waals surface area contributed by atoms with E-state index in [1.54, 1.807) is 7.11 Å².